The van der Waals surface area contributed by atoms with Crippen LogP contribution in [0.5, 0.6) is 0 Å². The van der Waals surface area contributed by atoms with Gasteiger partial charge in [0, 0.05) is 56.6 Å². The van der Waals surface area contributed by atoms with Crippen molar-refractivity contribution in [2.24, 2.45) is 10.8 Å². The molecule has 2 saturated heterocycles. The zero-order chi connectivity index (χ0) is 53.0. The van der Waals surface area contributed by atoms with Crippen molar-refractivity contribution in [1.29, 1.82) is 0 Å². The van der Waals surface area contributed by atoms with Crippen LogP contribution in [0, 0.1) is 10.8 Å². The minimum atomic E-state index is -5.61. The summed E-state index contributed by atoms with van der Waals surface area (Å²) in [4.78, 5) is 115. The Hall–Kier alpha value is -3.58. The fourth-order valence-corrected chi connectivity index (χ4v) is 10.4. The number of nitrogens with one attached hydrogen (secondary N) is 3. The van der Waals surface area contributed by atoms with Crippen molar-refractivity contribution in [2.75, 3.05) is 77.3 Å². The lowest BCUT2D eigenvalue weighted by Gasteiger charge is -2.30. The van der Waals surface area contributed by atoms with Gasteiger partial charge >= 0.3 is 23.5 Å². The van der Waals surface area contributed by atoms with E-state index in [1.165, 1.54) is 25.6 Å². The number of phosphoric acid groups is 3. The maximum atomic E-state index is 12.8. The number of likely N-dealkylation sites (tertiary alicyclic amines) is 1. The second kappa shape index (κ2) is 26.1. The van der Waals surface area contributed by atoms with Gasteiger partial charge in [0.25, 0.3) is 0 Å². The number of aliphatic hydroxyl groups is 2. The lowest BCUT2D eigenvalue weighted by Crippen LogP contribution is -2.46. The van der Waals surface area contributed by atoms with E-state index < -0.39 is 95.7 Å². The summed E-state index contributed by atoms with van der Waals surface area (Å²) in [6.07, 6.45) is -7.09. The van der Waals surface area contributed by atoms with Crippen molar-refractivity contribution < 1.29 is 99.5 Å². The second-order valence-electron chi connectivity index (χ2n) is 17.8. The highest BCUT2D eigenvalue weighted by Crippen LogP contribution is 2.61. The molecule has 402 valence electrons. The van der Waals surface area contributed by atoms with E-state index >= 15 is 0 Å². The van der Waals surface area contributed by atoms with Crippen LogP contribution in [-0.2, 0) is 69.8 Å². The molecule has 4 heterocycles. The smallest absolute Gasteiger partial charge is 0.386 e. The molecule has 11 N–H and O–H groups in total. The van der Waals surface area contributed by atoms with Gasteiger partial charge in [0.15, 0.2) is 17.7 Å². The Morgan fingerprint density at radius 1 is 0.901 bits per heavy atom. The van der Waals surface area contributed by atoms with Crippen LogP contribution in [0.15, 0.2) is 12.7 Å². The Labute approximate surface area is 411 Å². The number of nitrogens with zero attached hydrogens (tertiary/aromatic N) is 5. The van der Waals surface area contributed by atoms with Crippen LogP contribution in [0.25, 0.3) is 11.2 Å². The average molecular weight is 1090 g/mol. The monoisotopic (exact) mass is 1090 g/mol. The summed E-state index contributed by atoms with van der Waals surface area (Å²) in [7, 11) is -16.5. The molecular formula is C37H62N9O21P3S. The largest absolute Gasteiger partial charge is 0.481 e. The number of amides is 5. The van der Waals surface area contributed by atoms with Gasteiger partial charge in [-0.15, -0.1) is 11.8 Å². The van der Waals surface area contributed by atoms with Crippen LogP contribution in [0.4, 0.5) is 5.82 Å². The molecule has 0 aliphatic carbocycles. The van der Waals surface area contributed by atoms with Crippen LogP contribution in [-0.4, -0.2) is 185 Å². The summed E-state index contributed by atoms with van der Waals surface area (Å²) in [5.74, 6) is -2.41. The van der Waals surface area contributed by atoms with Gasteiger partial charge in [0.1, 0.15) is 36.3 Å². The third-order valence-corrected chi connectivity index (χ3v) is 14.4. The maximum absolute atomic E-state index is 12.8. The molecule has 2 fully saturated rings. The maximum Gasteiger partial charge on any atom is 0.481 e. The predicted octanol–water partition coefficient (Wildman–Crippen LogP) is -1.15. The zero-order valence-electron chi connectivity index (χ0n) is 39.4. The molecule has 4 rings (SSSR count). The molecule has 0 radical (unpaired) electrons. The summed E-state index contributed by atoms with van der Waals surface area (Å²) in [5.41, 5.74) is 4.24. The summed E-state index contributed by atoms with van der Waals surface area (Å²) in [6, 6.07) is 0. The number of anilines is 1. The molecule has 8 atom stereocenters. The first-order valence-electron chi connectivity index (χ1n) is 21.8. The average Bonchev–Trinajstić information content (AvgIpc) is 3.91. The number of aliphatic hydroxyl groups excluding tert-OH is 2. The number of thioether (sulfide) groups is 1. The van der Waals surface area contributed by atoms with E-state index in [9.17, 15) is 67.5 Å². The number of phosphoric ester groups is 3. The highest BCUT2D eigenvalue weighted by Gasteiger charge is 2.50. The molecule has 0 bridgehead atoms. The van der Waals surface area contributed by atoms with Gasteiger partial charge < -0.3 is 65.7 Å². The second-order valence-corrected chi connectivity index (χ2v) is 23.4. The summed E-state index contributed by atoms with van der Waals surface area (Å²) in [5, 5.41) is 28.5. The van der Waals surface area contributed by atoms with Gasteiger partial charge in [-0.25, -0.2) is 28.6 Å². The number of aromatic nitrogens is 4. The number of nitrogens with two attached hydrogens (primary N) is 1. The van der Waals surface area contributed by atoms with Crippen molar-refractivity contribution in [3.63, 3.8) is 0 Å². The van der Waals surface area contributed by atoms with Gasteiger partial charge in [0.2, 0.25) is 29.5 Å². The Balaban J connectivity index is 1.11. The molecule has 2 aliphatic heterocycles. The van der Waals surface area contributed by atoms with Crippen LogP contribution in [0.1, 0.15) is 60.1 Å². The van der Waals surface area contributed by atoms with Gasteiger partial charge in [-0.1, -0.05) is 34.6 Å². The lowest BCUT2D eigenvalue weighted by atomic mass is 9.87. The van der Waals surface area contributed by atoms with Crippen LogP contribution in [0.3, 0.4) is 0 Å². The molecule has 0 aromatic carbocycles. The number of hydrogen-bond donors (Lipinski definition) is 10. The van der Waals surface area contributed by atoms with E-state index in [4.69, 9.17) is 29.0 Å². The number of rotatable bonds is 30. The molecule has 34 heteroatoms. The Bertz CT molecular complexity index is 2320. The van der Waals surface area contributed by atoms with Crippen molar-refractivity contribution in [2.45, 2.75) is 89.8 Å². The number of ether oxygens (including phenoxy) is 3. The molecule has 4 unspecified atom stereocenters. The first-order chi connectivity index (χ1) is 33.0. The van der Waals surface area contributed by atoms with Crippen molar-refractivity contribution in [3.05, 3.63) is 12.7 Å². The van der Waals surface area contributed by atoms with E-state index in [0.29, 0.717) is 19.8 Å². The van der Waals surface area contributed by atoms with E-state index in [1.54, 1.807) is 0 Å². The summed E-state index contributed by atoms with van der Waals surface area (Å²) >= 11 is 1.17. The van der Waals surface area contributed by atoms with E-state index in [1.807, 2.05) is 0 Å². The minimum absolute atomic E-state index is 0.00197. The van der Waals surface area contributed by atoms with Crippen molar-refractivity contribution in [1.82, 2.24) is 40.4 Å². The number of carbonyl (C=O) groups is 5. The fraction of sp³-hybridized carbons (Fsp3) is 0.730. The Morgan fingerprint density at radius 3 is 2.25 bits per heavy atom. The minimum Gasteiger partial charge on any atom is -0.386 e. The molecular weight excluding hydrogens is 1030 g/mol. The number of imidazole rings is 1. The molecule has 0 saturated carbocycles. The third kappa shape index (κ3) is 19.3. The zero-order valence-corrected chi connectivity index (χ0v) is 42.9. The third-order valence-electron chi connectivity index (χ3n) is 10.1. The Morgan fingerprint density at radius 2 is 1.56 bits per heavy atom. The molecule has 2 aliphatic rings. The highest BCUT2D eigenvalue weighted by molar-refractivity contribution is 8.00. The predicted molar refractivity (Wildman–Crippen MR) is 246 cm³/mol. The van der Waals surface area contributed by atoms with Crippen molar-refractivity contribution in [3.8, 4) is 0 Å². The number of carbonyl (C=O) groups excluding carboxylic acids is 5. The van der Waals surface area contributed by atoms with E-state index in [-0.39, 0.29) is 92.0 Å². The normalized spacial score (nSPS) is 22.1. The molecule has 2 aromatic heterocycles. The lowest BCUT2D eigenvalue weighted by molar-refractivity contribution is -0.139. The topological polar surface area (TPSA) is 431 Å². The standard InChI is InChI=1S/C37H62N9O21P3S/c1-36(2,3)18-62-14-13-61-12-7-25(48)39-9-11-45-26(49)16-23(34(45)53)71-15-10-40-24(47)6-8-41-33(52)30(51)37(4,5)19-64-70(59,60)67-69(57,58)63-17-22-29(66-68(54,55)56)28(50)35(65-22)46-21-44-27-31(38)42-20-43-32(27)46/h20-23,28-30,35,50-51H,6-19H2,1-5H3,(H,39,48)(H,40,47)(H,41,52)(H,57,58)(H,59,60)(H2,38,42,43)(H2,54,55,56)/t22-,23?,28+,29?,30+,35-/m1/s1. The number of nitrogen functional groups attached to an aromatic ring is 1. The van der Waals surface area contributed by atoms with Crippen LogP contribution in [0.2, 0.25) is 0 Å². The summed E-state index contributed by atoms with van der Waals surface area (Å²) in [6.45, 7) is 7.99. The molecule has 5 amide bonds. The number of imide groups is 1. The molecule has 30 nitrogen and oxygen atoms in total. The SMILES string of the molecule is CC(C)(C)COCCOCCC(=O)NCCN1C(=O)CC(SCCNC(=O)CCNC(=O)[C@H](O)C(C)(C)COP(=O)(O)OP(=O)(O)OC[C@H]2O[C@@H](n3cnc4c(N)ncnc43)[C@@H](O)C2OP(=O)(O)O)C1=O. The number of hydrogen-bond acceptors (Lipinski definition) is 22. The molecule has 0 spiro atoms. The van der Waals surface area contributed by atoms with Crippen molar-refractivity contribution >= 4 is 81.7 Å². The first-order valence-corrected chi connectivity index (χ1v) is 27.3. The number of fused-ring (bicyclic) bond motifs is 1. The first kappa shape index (κ1) is 60.0. The van der Waals surface area contributed by atoms with Gasteiger partial charge in [-0.3, -0.25) is 47.0 Å². The van der Waals surface area contributed by atoms with Gasteiger partial charge in [0.05, 0.1) is 51.2 Å². The van der Waals surface area contributed by atoms with E-state index in [0.717, 1.165) is 22.1 Å². The van der Waals surface area contributed by atoms with Crippen LogP contribution >= 0.6 is 35.2 Å². The molecule has 2 aromatic rings. The fourth-order valence-electron chi connectivity index (χ4n) is 6.51. The molecule has 71 heavy (non-hydrogen) atoms. The van der Waals surface area contributed by atoms with Gasteiger partial charge in [-0.2, -0.15) is 4.31 Å². The van der Waals surface area contributed by atoms with Gasteiger partial charge in [-0.05, 0) is 5.41 Å². The Kier molecular flexibility index (Phi) is 22.0. The quantitative estimate of drug-likeness (QED) is 0.0251. The van der Waals surface area contributed by atoms with Crippen LogP contribution < -0.4 is 21.7 Å². The van der Waals surface area contributed by atoms with E-state index in [2.05, 4.69) is 60.5 Å². The highest BCUT2D eigenvalue weighted by atomic mass is 32.2. The summed E-state index contributed by atoms with van der Waals surface area (Å²) < 4.78 is 73.3.